The molecule has 0 radical (unpaired) electrons. The fraction of sp³-hybridized carbons (Fsp3) is 0.188. The van der Waals surface area contributed by atoms with Crippen molar-refractivity contribution in [2.24, 2.45) is 0 Å². The summed E-state index contributed by atoms with van der Waals surface area (Å²) in [6.07, 6.45) is -1.21. The highest BCUT2D eigenvalue weighted by molar-refractivity contribution is 7.89. The molecule has 0 aromatic heterocycles. The Labute approximate surface area is 140 Å². The molecule has 0 saturated carbocycles. The SMILES string of the molecule is COc1ccccc1N(C(=O)O)c1ccc(S(=O)(=O)N(C)C)cc1. The molecule has 24 heavy (non-hydrogen) atoms. The van der Waals surface area contributed by atoms with Gasteiger partial charge in [0, 0.05) is 14.1 Å². The largest absolute Gasteiger partial charge is 0.495 e. The second-order valence-electron chi connectivity index (χ2n) is 5.07. The van der Waals surface area contributed by atoms with E-state index in [9.17, 15) is 18.3 Å². The maximum absolute atomic E-state index is 12.1. The summed E-state index contributed by atoms with van der Waals surface area (Å²) in [5, 5.41) is 9.56. The van der Waals surface area contributed by atoms with Crippen LogP contribution in [-0.2, 0) is 10.0 Å². The van der Waals surface area contributed by atoms with Crippen LogP contribution >= 0.6 is 0 Å². The quantitative estimate of drug-likeness (QED) is 0.896. The second-order valence-corrected chi connectivity index (χ2v) is 7.22. The van der Waals surface area contributed by atoms with Crippen molar-refractivity contribution in [3.8, 4) is 5.75 Å². The summed E-state index contributed by atoms with van der Waals surface area (Å²) in [7, 11) is 0.740. The fourth-order valence-electron chi connectivity index (χ4n) is 2.15. The molecule has 2 rings (SSSR count). The van der Waals surface area contributed by atoms with Gasteiger partial charge in [-0.3, -0.25) is 0 Å². The third-order valence-electron chi connectivity index (χ3n) is 3.39. The number of rotatable bonds is 5. The molecular formula is C16H18N2O5S. The molecule has 0 atom stereocenters. The minimum absolute atomic E-state index is 0.0848. The van der Waals surface area contributed by atoms with E-state index in [0.717, 1.165) is 9.21 Å². The van der Waals surface area contributed by atoms with Crippen LogP contribution in [0.4, 0.5) is 16.2 Å². The molecule has 1 amide bonds. The van der Waals surface area contributed by atoms with Crippen LogP contribution in [0.2, 0.25) is 0 Å². The van der Waals surface area contributed by atoms with E-state index >= 15 is 0 Å². The van der Waals surface area contributed by atoms with Gasteiger partial charge in [0.2, 0.25) is 10.0 Å². The molecule has 7 nitrogen and oxygen atoms in total. The molecule has 0 fully saturated rings. The zero-order chi connectivity index (χ0) is 17.9. The van der Waals surface area contributed by atoms with Crippen LogP contribution in [0.3, 0.4) is 0 Å². The molecule has 2 aromatic carbocycles. The smallest absolute Gasteiger partial charge is 0.416 e. The first-order chi connectivity index (χ1) is 11.3. The van der Waals surface area contributed by atoms with Gasteiger partial charge in [0.1, 0.15) is 5.75 Å². The number of hydrogen-bond donors (Lipinski definition) is 1. The number of ether oxygens (including phenoxy) is 1. The van der Waals surface area contributed by atoms with Crippen LogP contribution in [0.15, 0.2) is 53.4 Å². The molecule has 128 valence electrons. The van der Waals surface area contributed by atoms with Crippen LogP contribution in [0.1, 0.15) is 0 Å². The zero-order valence-corrected chi connectivity index (χ0v) is 14.3. The number of carbonyl (C=O) groups is 1. The number of para-hydroxylation sites is 2. The topological polar surface area (TPSA) is 87.1 Å². The minimum atomic E-state index is -3.57. The standard InChI is InChI=1S/C16H18N2O5S/c1-17(2)24(21,22)13-10-8-12(9-11-13)18(16(19)20)14-6-4-5-7-15(14)23-3/h4-11H,1-3H3,(H,19,20). The van der Waals surface area contributed by atoms with E-state index < -0.39 is 16.1 Å². The molecule has 2 aromatic rings. The van der Waals surface area contributed by atoms with Gasteiger partial charge in [0.25, 0.3) is 0 Å². The van der Waals surface area contributed by atoms with Crippen LogP contribution in [0.5, 0.6) is 5.75 Å². The molecule has 0 heterocycles. The first kappa shape index (κ1) is 17.8. The number of nitrogens with zero attached hydrogens (tertiary/aromatic N) is 2. The maximum Gasteiger partial charge on any atom is 0.416 e. The van der Waals surface area contributed by atoms with E-state index in [0.29, 0.717) is 17.1 Å². The van der Waals surface area contributed by atoms with Gasteiger partial charge < -0.3 is 9.84 Å². The Morgan fingerprint density at radius 3 is 2.12 bits per heavy atom. The molecule has 0 bridgehead atoms. The van der Waals surface area contributed by atoms with Gasteiger partial charge in [0.15, 0.2) is 0 Å². The Bertz CT molecular complexity index is 832. The van der Waals surface area contributed by atoms with Crippen LogP contribution in [-0.4, -0.2) is 45.1 Å². The number of carboxylic acid groups (broad SMARTS) is 1. The summed E-state index contributed by atoms with van der Waals surface area (Å²) < 4.78 is 30.5. The number of anilines is 2. The van der Waals surface area contributed by atoms with Gasteiger partial charge in [-0.2, -0.15) is 0 Å². The molecular weight excluding hydrogens is 332 g/mol. The molecule has 0 spiro atoms. The van der Waals surface area contributed by atoms with E-state index in [2.05, 4.69) is 0 Å². The van der Waals surface area contributed by atoms with Crippen molar-refractivity contribution < 1.29 is 23.1 Å². The first-order valence-electron chi connectivity index (χ1n) is 6.97. The highest BCUT2D eigenvalue weighted by Crippen LogP contribution is 2.34. The van der Waals surface area contributed by atoms with E-state index in [4.69, 9.17) is 4.74 Å². The average molecular weight is 350 g/mol. The highest BCUT2D eigenvalue weighted by Gasteiger charge is 2.22. The van der Waals surface area contributed by atoms with Gasteiger partial charge >= 0.3 is 6.09 Å². The molecule has 0 aliphatic rings. The van der Waals surface area contributed by atoms with Crippen LogP contribution < -0.4 is 9.64 Å². The lowest BCUT2D eigenvalue weighted by atomic mass is 10.2. The lowest BCUT2D eigenvalue weighted by Gasteiger charge is -2.22. The van der Waals surface area contributed by atoms with E-state index in [1.807, 2.05) is 0 Å². The normalized spacial score (nSPS) is 11.3. The lowest BCUT2D eigenvalue weighted by molar-refractivity contribution is 0.204. The second kappa shape index (κ2) is 6.90. The van der Waals surface area contributed by atoms with Crippen molar-refractivity contribution >= 4 is 27.5 Å². The third-order valence-corrected chi connectivity index (χ3v) is 5.22. The average Bonchev–Trinajstić information content (AvgIpc) is 2.55. The van der Waals surface area contributed by atoms with E-state index in [1.54, 1.807) is 24.3 Å². The van der Waals surface area contributed by atoms with Crippen molar-refractivity contribution in [3.63, 3.8) is 0 Å². The van der Waals surface area contributed by atoms with Crippen molar-refractivity contribution in [1.29, 1.82) is 0 Å². The van der Waals surface area contributed by atoms with Crippen LogP contribution in [0.25, 0.3) is 0 Å². The molecule has 0 aliphatic carbocycles. The van der Waals surface area contributed by atoms with Gasteiger partial charge in [-0.25, -0.2) is 22.4 Å². The number of methoxy groups -OCH3 is 1. The third kappa shape index (κ3) is 3.34. The summed E-state index contributed by atoms with van der Waals surface area (Å²) in [4.78, 5) is 12.8. The molecule has 1 N–H and O–H groups in total. The maximum atomic E-state index is 12.1. The number of hydrogen-bond acceptors (Lipinski definition) is 4. The Hall–Kier alpha value is -2.58. The number of amides is 1. The summed E-state index contributed by atoms with van der Waals surface area (Å²) in [6.45, 7) is 0. The van der Waals surface area contributed by atoms with Crippen molar-refractivity contribution in [2.75, 3.05) is 26.1 Å². The molecule has 0 unspecified atom stereocenters. The zero-order valence-electron chi connectivity index (χ0n) is 13.5. The molecule has 0 aliphatic heterocycles. The van der Waals surface area contributed by atoms with Crippen molar-refractivity contribution in [1.82, 2.24) is 4.31 Å². The lowest BCUT2D eigenvalue weighted by Crippen LogP contribution is -2.25. The number of benzene rings is 2. The predicted molar refractivity (Wildman–Crippen MR) is 90.5 cm³/mol. The summed E-state index contributed by atoms with van der Waals surface area (Å²) in [5.74, 6) is 0.393. The monoisotopic (exact) mass is 350 g/mol. The Morgan fingerprint density at radius 1 is 1.04 bits per heavy atom. The molecule has 0 saturated heterocycles. The van der Waals surface area contributed by atoms with E-state index in [1.165, 1.54) is 45.5 Å². The van der Waals surface area contributed by atoms with Gasteiger partial charge in [0.05, 0.1) is 23.4 Å². The fourth-order valence-corrected chi connectivity index (χ4v) is 3.05. The van der Waals surface area contributed by atoms with Gasteiger partial charge in [-0.1, -0.05) is 12.1 Å². The Kier molecular flexibility index (Phi) is 5.10. The highest BCUT2D eigenvalue weighted by atomic mass is 32.2. The molecule has 8 heteroatoms. The summed E-state index contributed by atoms with van der Waals surface area (Å²) in [6, 6.07) is 12.3. The summed E-state index contributed by atoms with van der Waals surface area (Å²) in [5.41, 5.74) is 0.653. The Morgan fingerprint density at radius 2 is 1.62 bits per heavy atom. The van der Waals surface area contributed by atoms with Gasteiger partial charge in [-0.05, 0) is 36.4 Å². The van der Waals surface area contributed by atoms with Crippen molar-refractivity contribution in [2.45, 2.75) is 4.90 Å². The predicted octanol–water partition coefficient (Wildman–Crippen LogP) is 2.76. The van der Waals surface area contributed by atoms with Crippen LogP contribution in [0, 0.1) is 0 Å². The minimum Gasteiger partial charge on any atom is -0.495 e. The van der Waals surface area contributed by atoms with E-state index in [-0.39, 0.29) is 4.90 Å². The Balaban J connectivity index is 2.49. The first-order valence-corrected chi connectivity index (χ1v) is 8.41. The van der Waals surface area contributed by atoms with Gasteiger partial charge in [-0.15, -0.1) is 0 Å². The van der Waals surface area contributed by atoms with Crippen molar-refractivity contribution in [3.05, 3.63) is 48.5 Å². The summed E-state index contributed by atoms with van der Waals surface area (Å²) >= 11 is 0. The number of sulfonamides is 1.